The molecule has 0 unspecified atom stereocenters. The van der Waals surface area contributed by atoms with E-state index in [1.54, 1.807) is 42.4 Å². The first-order valence-corrected chi connectivity index (χ1v) is 10.6. The number of piperidine rings is 1. The zero-order valence-corrected chi connectivity index (χ0v) is 18.4. The van der Waals surface area contributed by atoms with Crippen molar-refractivity contribution < 1.29 is 22.3 Å². The van der Waals surface area contributed by atoms with E-state index < -0.39 is 24.9 Å². The van der Waals surface area contributed by atoms with Crippen LogP contribution >= 0.6 is 0 Å². The molecule has 1 aliphatic heterocycles. The predicted octanol–water partition coefficient (Wildman–Crippen LogP) is 3.17. The summed E-state index contributed by atoms with van der Waals surface area (Å²) in [5.74, 6) is -2.73. The minimum Gasteiger partial charge on any atom is -0.479 e. The average Bonchev–Trinajstić information content (AvgIpc) is 3.38. The highest BCUT2D eigenvalue weighted by molar-refractivity contribution is 5.89. The summed E-state index contributed by atoms with van der Waals surface area (Å²) in [4.78, 5) is 5.91. The Kier molecular flexibility index (Phi) is 5.50. The van der Waals surface area contributed by atoms with Crippen LogP contribution in [0.25, 0.3) is 27.7 Å². The van der Waals surface area contributed by atoms with E-state index in [4.69, 9.17) is 4.74 Å². The number of rotatable bonds is 6. The summed E-state index contributed by atoms with van der Waals surface area (Å²) in [6, 6.07) is 5.84. The lowest BCUT2D eigenvalue weighted by Gasteiger charge is -2.36. The van der Waals surface area contributed by atoms with Gasteiger partial charge in [0.15, 0.2) is 0 Å². The third-order valence-electron chi connectivity index (χ3n) is 5.90. The zero-order valence-electron chi connectivity index (χ0n) is 18.4. The maximum absolute atomic E-state index is 14.5. The number of halogens is 4. The van der Waals surface area contributed by atoms with Crippen molar-refractivity contribution in [3.05, 3.63) is 30.5 Å². The smallest absolute Gasteiger partial charge is 0.280 e. The van der Waals surface area contributed by atoms with Gasteiger partial charge in [-0.15, -0.1) is 10.2 Å². The van der Waals surface area contributed by atoms with Gasteiger partial charge in [0.05, 0.1) is 25.2 Å². The fourth-order valence-corrected chi connectivity index (χ4v) is 4.27. The molecule has 0 aliphatic carbocycles. The first-order chi connectivity index (χ1) is 16.2. The number of fused-ring (bicyclic) bond motifs is 2. The van der Waals surface area contributed by atoms with Gasteiger partial charge < -0.3 is 15.0 Å². The minimum absolute atomic E-state index is 0.0235. The molecule has 1 aliphatic rings. The van der Waals surface area contributed by atoms with Crippen molar-refractivity contribution in [2.75, 3.05) is 32.6 Å². The molecule has 0 amide bonds. The summed E-state index contributed by atoms with van der Waals surface area (Å²) in [5.41, 5.74) is 2.83. The van der Waals surface area contributed by atoms with Crippen LogP contribution in [-0.4, -0.2) is 80.1 Å². The lowest BCUT2D eigenvalue weighted by atomic mass is 10.0. The first kappa shape index (κ1) is 22.3. The number of nitrogens with zero attached hydrogens (tertiary/aromatic N) is 7. The third kappa shape index (κ3) is 4.00. The van der Waals surface area contributed by atoms with E-state index in [-0.39, 0.29) is 24.8 Å². The van der Waals surface area contributed by atoms with Gasteiger partial charge in [-0.1, -0.05) is 11.3 Å². The standard InChI is InChI=1S/C21H22F4N8O/c1-31-7-6-16(21(24,25)11-31)26-20-27-19(34-2)18-13(5-8-32(18)29-20)12-3-4-14-15(9-12)33(30-28-14)10-17(22)23/h3-5,8-9,16-17H,6-7,10-11H2,1-2H3,(H,26,29)/t16-/m0/s1. The molecule has 1 fully saturated rings. The van der Waals surface area contributed by atoms with Crippen molar-refractivity contribution in [3.63, 3.8) is 0 Å². The second kappa shape index (κ2) is 8.38. The molecule has 3 aromatic heterocycles. The number of likely N-dealkylation sites (tertiary alicyclic amines) is 1. The Balaban J connectivity index is 1.52. The molecule has 1 N–H and O–H groups in total. The van der Waals surface area contributed by atoms with Crippen LogP contribution in [0.2, 0.25) is 0 Å². The Labute approximate surface area is 191 Å². The molecule has 1 aromatic carbocycles. The number of nitrogens with one attached hydrogen (secondary N) is 1. The second-order valence-corrected chi connectivity index (χ2v) is 8.32. The van der Waals surface area contributed by atoms with Crippen LogP contribution in [0.1, 0.15) is 6.42 Å². The number of aromatic nitrogens is 6. The van der Waals surface area contributed by atoms with E-state index in [9.17, 15) is 17.6 Å². The molecule has 0 radical (unpaired) electrons. The van der Waals surface area contributed by atoms with Gasteiger partial charge >= 0.3 is 0 Å². The number of hydrogen-bond acceptors (Lipinski definition) is 7. The Bertz CT molecular complexity index is 1340. The summed E-state index contributed by atoms with van der Waals surface area (Å²) in [5, 5.41) is 14.8. The van der Waals surface area contributed by atoms with Crippen LogP contribution in [-0.2, 0) is 6.54 Å². The SMILES string of the molecule is COc1nc(N[C@H]2CCN(C)CC2(F)F)nn2ccc(-c3ccc4nnn(CC(F)F)c4c3)c12. The van der Waals surface area contributed by atoms with Crippen LogP contribution < -0.4 is 10.1 Å². The fraction of sp³-hybridized carbons (Fsp3) is 0.429. The van der Waals surface area contributed by atoms with Crippen molar-refractivity contribution >= 4 is 22.5 Å². The van der Waals surface area contributed by atoms with E-state index in [1.807, 2.05) is 0 Å². The summed E-state index contributed by atoms with van der Waals surface area (Å²) < 4.78 is 62.9. The molecule has 9 nitrogen and oxygen atoms in total. The lowest BCUT2D eigenvalue weighted by molar-refractivity contribution is -0.0675. The van der Waals surface area contributed by atoms with Gasteiger partial charge in [0.1, 0.15) is 17.6 Å². The van der Waals surface area contributed by atoms with Gasteiger partial charge in [0.25, 0.3) is 12.3 Å². The number of hydrogen-bond donors (Lipinski definition) is 1. The number of alkyl halides is 4. The van der Waals surface area contributed by atoms with Crippen molar-refractivity contribution in [2.24, 2.45) is 0 Å². The number of benzene rings is 1. The molecule has 0 saturated carbocycles. The minimum atomic E-state index is -2.94. The normalized spacial score (nSPS) is 18.7. The molecule has 1 atom stereocenters. The highest BCUT2D eigenvalue weighted by atomic mass is 19.3. The van der Waals surface area contributed by atoms with Gasteiger partial charge in [-0.3, -0.25) is 0 Å². The number of methoxy groups -OCH3 is 1. The molecule has 0 spiro atoms. The van der Waals surface area contributed by atoms with Gasteiger partial charge in [0, 0.05) is 18.3 Å². The molecule has 34 heavy (non-hydrogen) atoms. The molecule has 13 heteroatoms. The molecule has 4 aromatic rings. The Morgan fingerprint density at radius 1 is 1.26 bits per heavy atom. The number of anilines is 1. The zero-order chi connectivity index (χ0) is 24.0. The molecule has 0 bridgehead atoms. The van der Waals surface area contributed by atoms with Gasteiger partial charge in [-0.2, -0.15) is 4.98 Å². The highest BCUT2D eigenvalue weighted by Crippen LogP contribution is 2.34. The van der Waals surface area contributed by atoms with E-state index in [1.165, 1.54) is 11.6 Å². The van der Waals surface area contributed by atoms with Crippen LogP contribution in [0, 0.1) is 0 Å². The fourth-order valence-electron chi connectivity index (χ4n) is 4.27. The summed E-state index contributed by atoms with van der Waals surface area (Å²) in [7, 11) is 3.09. The second-order valence-electron chi connectivity index (χ2n) is 8.32. The summed E-state index contributed by atoms with van der Waals surface area (Å²) >= 11 is 0. The Morgan fingerprint density at radius 3 is 2.82 bits per heavy atom. The predicted molar refractivity (Wildman–Crippen MR) is 117 cm³/mol. The largest absolute Gasteiger partial charge is 0.479 e. The lowest BCUT2D eigenvalue weighted by Crippen LogP contribution is -2.53. The van der Waals surface area contributed by atoms with Crippen molar-refractivity contribution in [3.8, 4) is 17.0 Å². The molecule has 5 rings (SSSR count). The number of ether oxygens (including phenoxy) is 1. The van der Waals surface area contributed by atoms with Crippen LogP contribution in [0.5, 0.6) is 5.88 Å². The van der Waals surface area contributed by atoms with Crippen molar-refractivity contribution in [2.45, 2.75) is 31.4 Å². The van der Waals surface area contributed by atoms with E-state index >= 15 is 0 Å². The van der Waals surface area contributed by atoms with E-state index in [2.05, 4.69) is 25.7 Å². The molecule has 4 heterocycles. The highest BCUT2D eigenvalue weighted by Gasteiger charge is 2.44. The maximum atomic E-state index is 14.5. The quantitative estimate of drug-likeness (QED) is 0.426. The van der Waals surface area contributed by atoms with Crippen LogP contribution in [0.3, 0.4) is 0 Å². The third-order valence-corrected chi connectivity index (χ3v) is 5.90. The van der Waals surface area contributed by atoms with E-state index in [0.717, 1.165) is 4.68 Å². The first-order valence-electron chi connectivity index (χ1n) is 10.6. The average molecular weight is 478 g/mol. The van der Waals surface area contributed by atoms with Crippen LogP contribution in [0.4, 0.5) is 23.5 Å². The van der Waals surface area contributed by atoms with Gasteiger partial charge in [-0.05, 0) is 37.2 Å². The summed E-state index contributed by atoms with van der Waals surface area (Å²) in [6.45, 7) is -0.392. The molecule has 180 valence electrons. The van der Waals surface area contributed by atoms with Gasteiger partial charge in [0.2, 0.25) is 11.8 Å². The van der Waals surface area contributed by atoms with Crippen molar-refractivity contribution in [1.29, 1.82) is 0 Å². The van der Waals surface area contributed by atoms with Gasteiger partial charge in [-0.25, -0.2) is 26.8 Å². The molecular formula is C21H22F4N8O. The maximum Gasteiger partial charge on any atom is 0.280 e. The topological polar surface area (TPSA) is 85.4 Å². The monoisotopic (exact) mass is 478 g/mol. The van der Waals surface area contributed by atoms with Crippen molar-refractivity contribution in [1.82, 2.24) is 34.5 Å². The molecule has 1 saturated heterocycles. The Hall–Kier alpha value is -3.48. The summed E-state index contributed by atoms with van der Waals surface area (Å²) in [6.07, 6.45) is -0.670. The van der Waals surface area contributed by atoms with E-state index in [0.29, 0.717) is 34.2 Å². The van der Waals surface area contributed by atoms with Crippen LogP contribution in [0.15, 0.2) is 30.5 Å². The Morgan fingerprint density at radius 2 is 2.09 bits per heavy atom. The molecular weight excluding hydrogens is 456 g/mol.